The van der Waals surface area contributed by atoms with Gasteiger partial charge in [0, 0.05) is 17.2 Å². The van der Waals surface area contributed by atoms with Crippen molar-refractivity contribution in [1.29, 1.82) is 0 Å². The van der Waals surface area contributed by atoms with E-state index >= 15 is 0 Å². The number of ketones is 1. The molecule has 1 atom stereocenters. The number of anilines is 1. The number of hydrogen-bond acceptors (Lipinski definition) is 4. The van der Waals surface area contributed by atoms with Gasteiger partial charge in [0.05, 0.1) is 24.6 Å². The lowest BCUT2D eigenvalue weighted by Gasteiger charge is -2.27. The molecular weight excluding hydrogens is 330 g/mol. The van der Waals surface area contributed by atoms with Crippen LogP contribution in [0.25, 0.3) is 0 Å². The number of quaternary nitrogens is 1. The summed E-state index contributed by atoms with van der Waals surface area (Å²) in [4.78, 5) is 23.9. The molecule has 0 spiro atoms. The Morgan fingerprint density at radius 3 is 2.35 bits per heavy atom. The van der Waals surface area contributed by atoms with Crippen molar-refractivity contribution in [1.82, 2.24) is 0 Å². The third-order valence-electron chi connectivity index (χ3n) is 4.70. The van der Waals surface area contributed by atoms with Crippen LogP contribution in [0.3, 0.4) is 0 Å². The monoisotopic (exact) mass is 356 g/mol. The number of nitrogens with one attached hydrogen (secondary N) is 2. The van der Waals surface area contributed by atoms with Gasteiger partial charge in [0.2, 0.25) is 0 Å². The molecule has 0 aromatic heterocycles. The Labute approximate surface area is 154 Å². The van der Waals surface area contributed by atoms with Gasteiger partial charge in [-0.2, -0.15) is 0 Å². The summed E-state index contributed by atoms with van der Waals surface area (Å²) in [6.45, 7) is 8.17. The zero-order chi connectivity index (χ0) is 19.1. The van der Waals surface area contributed by atoms with Gasteiger partial charge in [0.1, 0.15) is 11.7 Å². The predicted molar refractivity (Wildman–Crippen MR) is 103 cm³/mol. The van der Waals surface area contributed by atoms with Crippen molar-refractivity contribution in [3.8, 4) is 0 Å². The minimum absolute atomic E-state index is 0.0703. The SMILES string of the molecule is CC[NH+](CC)[C@H](CNc1ccc(C(C)=O)cc1[N+](=O)[O-])c1ccccc1. The van der Waals surface area contributed by atoms with Crippen molar-refractivity contribution in [2.24, 2.45) is 0 Å². The Bertz CT molecular complexity index is 758. The molecule has 2 aromatic carbocycles. The maximum absolute atomic E-state index is 11.5. The van der Waals surface area contributed by atoms with Crippen LogP contribution in [0.5, 0.6) is 0 Å². The molecule has 2 N–H and O–H groups in total. The first-order valence-electron chi connectivity index (χ1n) is 8.90. The predicted octanol–water partition coefficient (Wildman–Crippen LogP) is 2.88. The smallest absolute Gasteiger partial charge is 0.293 e. The molecule has 2 rings (SSSR count). The van der Waals surface area contributed by atoms with Crippen molar-refractivity contribution in [2.75, 3.05) is 25.0 Å². The molecular formula is C20H26N3O3+. The lowest BCUT2D eigenvalue weighted by molar-refractivity contribution is -0.926. The molecule has 0 saturated carbocycles. The zero-order valence-electron chi connectivity index (χ0n) is 15.5. The number of nitro benzene ring substituents is 1. The van der Waals surface area contributed by atoms with Crippen LogP contribution in [0.1, 0.15) is 42.7 Å². The van der Waals surface area contributed by atoms with Crippen LogP contribution in [0.4, 0.5) is 11.4 Å². The summed E-state index contributed by atoms with van der Waals surface area (Å²) in [6, 6.07) is 14.9. The fourth-order valence-corrected chi connectivity index (χ4v) is 3.19. The third kappa shape index (κ3) is 4.67. The molecule has 0 bridgehead atoms. The van der Waals surface area contributed by atoms with E-state index in [2.05, 4.69) is 31.3 Å². The summed E-state index contributed by atoms with van der Waals surface area (Å²) in [7, 11) is 0. The number of hydrogen-bond donors (Lipinski definition) is 2. The van der Waals surface area contributed by atoms with Crippen molar-refractivity contribution >= 4 is 17.2 Å². The number of benzene rings is 2. The number of nitrogens with zero attached hydrogens (tertiary/aromatic N) is 1. The second-order valence-corrected chi connectivity index (χ2v) is 6.25. The third-order valence-corrected chi connectivity index (χ3v) is 4.70. The molecule has 0 saturated heterocycles. The highest BCUT2D eigenvalue weighted by molar-refractivity contribution is 5.95. The van der Waals surface area contributed by atoms with Gasteiger partial charge in [-0.1, -0.05) is 30.3 Å². The lowest BCUT2D eigenvalue weighted by atomic mass is 10.0. The molecule has 0 aliphatic rings. The highest BCUT2D eigenvalue weighted by Crippen LogP contribution is 2.26. The largest absolute Gasteiger partial charge is 0.373 e. The van der Waals surface area contributed by atoms with Gasteiger partial charge in [-0.15, -0.1) is 0 Å². The van der Waals surface area contributed by atoms with Crippen LogP contribution in [0.15, 0.2) is 48.5 Å². The molecule has 6 nitrogen and oxygen atoms in total. The van der Waals surface area contributed by atoms with Gasteiger partial charge >= 0.3 is 0 Å². The van der Waals surface area contributed by atoms with Crippen LogP contribution in [-0.4, -0.2) is 30.3 Å². The van der Waals surface area contributed by atoms with Crippen molar-refractivity contribution in [3.05, 3.63) is 69.8 Å². The van der Waals surface area contributed by atoms with Gasteiger partial charge in [-0.05, 0) is 32.9 Å². The van der Waals surface area contributed by atoms with E-state index in [9.17, 15) is 14.9 Å². The van der Waals surface area contributed by atoms with Crippen molar-refractivity contribution in [2.45, 2.75) is 26.8 Å². The minimum atomic E-state index is -0.448. The quantitative estimate of drug-likeness (QED) is 0.411. The molecule has 0 amide bonds. The minimum Gasteiger partial charge on any atom is -0.373 e. The highest BCUT2D eigenvalue weighted by Gasteiger charge is 2.23. The Hall–Kier alpha value is -2.73. The van der Waals surface area contributed by atoms with E-state index < -0.39 is 4.92 Å². The van der Waals surface area contributed by atoms with E-state index in [1.807, 2.05) is 18.2 Å². The molecule has 0 heterocycles. The number of carbonyl (C=O) groups excluding carboxylic acids is 1. The van der Waals surface area contributed by atoms with E-state index in [-0.39, 0.29) is 17.5 Å². The lowest BCUT2D eigenvalue weighted by Crippen LogP contribution is -3.12. The van der Waals surface area contributed by atoms with E-state index in [0.717, 1.165) is 13.1 Å². The highest BCUT2D eigenvalue weighted by atomic mass is 16.6. The summed E-state index contributed by atoms with van der Waals surface area (Å²) in [5.74, 6) is -0.186. The molecule has 0 radical (unpaired) electrons. The summed E-state index contributed by atoms with van der Waals surface area (Å²) < 4.78 is 0. The van der Waals surface area contributed by atoms with E-state index in [1.54, 1.807) is 12.1 Å². The van der Waals surface area contributed by atoms with Crippen LogP contribution < -0.4 is 10.2 Å². The molecule has 0 unspecified atom stereocenters. The first kappa shape index (κ1) is 19.6. The number of Topliss-reactive ketones (excluding diaryl/α,β-unsaturated/α-hetero) is 1. The average molecular weight is 356 g/mol. The maximum atomic E-state index is 11.5. The van der Waals surface area contributed by atoms with E-state index in [4.69, 9.17) is 0 Å². The van der Waals surface area contributed by atoms with Crippen LogP contribution in [0, 0.1) is 10.1 Å². The fraction of sp³-hybridized carbons (Fsp3) is 0.350. The Kier molecular flexibility index (Phi) is 6.86. The van der Waals surface area contributed by atoms with Crippen molar-refractivity contribution < 1.29 is 14.6 Å². The van der Waals surface area contributed by atoms with Crippen LogP contribution >= 0.6 is 0 Å². The van der Waals surface area contributed by atoms with Crippen molar-refractivity contribution in [3.63, 3.8) is 0 Å². The van der Waals surface area contributed by atoms with Gasteiger partial charge in [-0.25, -0.2) is 0 Å². The molecule has 138 valence electrons. The second-order valence-electron chi connectivity index (χ2n) is 6.25. The number of likely N-dealkylation sites (N-methyl/N-ethyl adjacent to an activating group) is 1. The summed E-state index contributed by atoms with van der Waals surface area (Å²) in [5, 5.41) is 14.6. The Morgan fingerprint density at radius 2 is 1.81 bits per heavy atom. The zero-order valence-corrected chi connectivity index (χ0v) is 15.5. The summed E-state index contributed by atoms with van der Waals surface area (Å²) in [5.41, 5.74) is 1.91. The molecule has 26 heavy (non-hydrogen) atoms. The topological polar surface area (TPSA) is 76.7 Å². The van der Waals surface area contributed by atoms with Gasteiger partial charge < -0.3 is 10.2 Å². The molecule has 0 aliphatic heterocycles. The molecule has 6 heteroatoms. The Balaban J connectivity index is 2.28. The van der Waals surface area contributed by atoms with Gasteiger partial charge in [-0.3, -0.25) is 14.9 Å². The number of carbonyl (C=O) groups is 1. The summed E-state index contributed by atoms with van der Waals surface area (Å²) in [6.07, 6.45) is 0. The van der Waals surface area contributed by atoms with E-state index in [1.165, 1.54) is 23.5 Å². The molecule has 0 fully saturated rings. The first-order valence-corrected chi connectivity index (χ1v) is 8.90. The van der Waals surface area contributed by atoms with Gasteiger partial charge in [0.25, 0.3) is 5.69 Å². The standard InChI is InChI=1S/C20H25N3O3/c1-4-22(5-2)20(16-9-7-6-8-10-16)14-21-18-12-11-17(15(3)24)13-19(18)23(25)26/h6-13,20-21H,4-5,14H2,1-3H3/p+1/t20-/m1/s1. The number of nitro groups is 1. The maximum Gasteiger partial charge on any atom is 0.293 e. The Morgan fingerprint density at radius 1 is 1.15 bits per heavy atom. The molecule has 0 aliphatic carbocycles. The van der Waals surface area contributed by atoms with Crippen LogP contribution in [-0.2, 0) is 0 Å². The van der Waals surface area contributed by atoms with Crippen LogP contribution in [0.2, 0.25) is 0 Å². The van der Waals surface area contributed by atoms with E-state index in [0.29, 0.717) is 17.8 Å². The number of rotatable bonds is 9. The average Bonchev–Trinajstić information content (AvgIpc) is 2.65. The molecule has 2 aromatic rings. The van der Waals surface area contributed by atoms with Gasteiger partial charge in [0.15, 0.2) is 5.78 Å². The normalized spacial score (nSPS) is 12.0. The second kappa shape index (κ2) is 9.10. The fourth-order valence-electron chi connectivity index (χ4n) is 3.19. The first-order chi connectivity index (χ1) is 12.5. The summed E-state index contributed by atoms with van der Waals surface area (Å²) >= 11 is 0.